The second-order valence-electron chi connectivity index (χ2n) is 4.57. The van der Waals surface area contributed by atoms with Crippen LogP contribution in [0.3, 0.4) is 0 Å². The molecule has 102 valence electrons. The van der Waals surface area contributed by atoms with E-state index in [-0.39, 0.29) is 23.9 Å². The highest BCUT2D eigenvalue weighted by molar-refractivity contribution is 6.01. The Bertz CT molecular complexity index is 496. The number of amidine groups is 1. The zero-order valence-corrected chi connectivity index (χ0v) is 10.7. The average Bonchev–Trinajstić information content (AvgIpc) is 2.41. The number of benzene rings is 1. The first-order valence-corrected chi connectivity index (χ1v) is 6.05. The molecular weight excluding hydrogens is 246 g/mol. The van der Waals surface area contributed by atoms with Crippen LogP contribution in [0.5, 0.6) is 0 Å². The summed E-state index contributed by atoms with van der Waals surface area (Å²) in [6.45, 7) is 0. The predicted molar refractivity (Wildman–Crippen MR) is 70.2 cm³/mol. The van der Waals surface area contributed by atoms with E-state index in [9.17, 15) is 4.79 Å². The summed E-state index contributed by atoms with van der Waals surface area (Å²) in [5.41, 5.74) is 6.49. The van der Waals surface area contributed by atoms with Crippen LogP contribution >= 0.6 is 0 Å². The maximum absolute atomic E-state index is 12.0. The lowest BCUT2D eigenvalue weighted by molar-refractivity contribution is 0.0176. The molecule has 0 spiro atoms. The van der Waals surface area contributed by atoms with Gasteiger partial charge in [0.15, 0.2) is 5.84 Å². The van der Waals surface area contributed by atoms with Crippen LogP contribution in [0.15, 0.2) is 29.4 Å². The monoisotopic (exact) mass is 263 g/mol. The summed E-state index contributed by atoms with van der Waals surface area (Å²) in [6.07, 6.45) is 1.92. The number of nitrogens with two attached hydrogens (primary N) is 1. The van der Waals surface area contributed by atoms with Gasteiger partial charge in [0, 0.05) is 24.3 Å². The number of hydrogen-bond acceptors (Lipinski definition) is 4. The van der Waals surface area contributed by atoms with Crippen molar-refractivity contribution >= 4 is 11.7 Å². The molecule has 1 saturated carbocycles. The minimum Gasteiger partial charge on any atom is -0.409 e. The second-order valence-corrected chi connectivity index (χ2v) is 4.57. The summed E-state index contributed by atoms with van der Waals surface area (Å²) >= 11 is 0. The maximum atomic E-state index is 12.0. The highest BCUT2D eigenvalue weighted by Gasteiger charge is 2.30. The number of carbonyl (C=O) groups is 1. The van der Waals surface area contributed by atoms with Gasteiger partial charge in [0.1, 0.15) is 0 Å². The van der Waals surface area contributed by atoms with Gasteiger partial charge in [-0.05, 0) is 25.0 Å². The molecule has 1 aliphatic rings. The number of carbonyl (C=O) groups excluding carboxylic acids is 1. The molecule has 0 bridgehead atoms. The van der Waals surface area contributed by atoms with Crippen LogP contribution in [0.2, 0.25) is 0 Å². The first-order valence-electron chi connectivity index (χ1n) is 6.05. The first-order chi connectivity index (χ1) is 9.13. The molecule has 0 radical (unpaired) electrons. The van der Waals surface area contributed by atoms with Gasteiger partial charge in [-0.15, -0.1) is 0 Å². The molecule has 1 amide bonds. The molecule has 6 nitrogen and oxygen atoms in total. The maximum Gasteiger partial charge on any atom is 0.251 e. The number of nitrogens with zero attached hydrogens (tertiary/aromatic N) is 1. The lowest BCUT2D eigenvalue weighted by Crippen LogP contribution is -2.47. The van der Waals surface area contributed by atoms with Crippen LogP contribution in [0, 0.1) is 0 Å². The fourth-order valence-electron chi connectivity index (χ4n) is 2.02. The summed E-state index contributed by atoms with van der Waals surface area (Å²) in [4.78, 5) is 12.0. The number of amides is 1. The van der Waals surface area contributed by atoms with E-state index in [1.54, 1.807) is 31.4 Å². The summed E-state index contributed by atoms with van der Waals surface area (Å²) in [6, 6.07) is 6.81. The van der Waals surface area contributed by atoms with Crippen molar-refractivity contribution in [2.75, 3.05) is 7.11 Å². The third-order valence-electron chi connectivity index (χ3n) is 3.29. The second kappa shape index (κ2) is 5.71. The molecule has 1 aromatic rings. The lowest BCUT2D eigenvalue weighted by Gasteiger charge is -2.34. The number of hydrogen-bond donors (Lipinski definition) is 3. The number of oxime groups is 1. The zero-order chi connectivity index (χ0) is 13.8. The summed E-state index contributed by atoms with van der Waals surface area (Å²) in [7, 11) is 1.67. The number of nitrogens with one attached hydrogen (secondary N) is 1. The third-order valence-corrected chi connectivity index (χ3v) is 3.29. The van der Waals surface area contributed by atoms with Crippen molar-refractivity contribution in [2.24, 2.45) is 10.9 Å². The van der Waals surface area contributed by atoms with Gasteiger partial charge in [-0.3, -0.25) is 4.79 Å². The van der Waals surface area contributed by atoms with E-state index in [0.29, 0.717) is 11.1 Å². The molecule has 0 aliphatic heterocycles. The fourth-order valence-corrected chi connectivity index (χ4v) is 2.02. The van der Waals surface area contributed by atoms with Crippen molar-refractivity contribution in [1.29, 1.82) is 0 Å². The quantitative estimate of drug-likeness (QED) is 0.322. The number of methoxy groups -OCH3 is 1. The molecule has 0 unspecified atom stereocenters. The van der Waals surface area contributed by atoms with Crippen molar-refractivity contribution in [2.45, 2.75) is 25.0 Å². The van der Waals surface area contributed by atoms with E-state index in [1.807, 2.05) is 0 Å². The van der Waals surface area contributed by atoms with Crippen LogP contribution in [0.25, 0.3) is 0 Å². The van der Waals surface area contributed by atoms with Gasteiger partial charge in [0.05, 0.1) is 6.10 Å². The minimum atomic E-state index is -0.160. The molecule has 1 fully saturated rings. The SMILES string of the molecule is COC1CC(NC(=O)c2cccc(/C(N)=N/O)c2)C1. The topological polar surface area (TPSA) is 96.9 Å². The molecular formula is C13H17N3O3. The largest absolute Gasteiger partial charge is 0.409 e. The lowest BCUT2D eigenvalue weighted by atomic mass is 9.89. The van der Waals surface area contributed by atoms with Crippen molar-refractivity contribution in [1.82, 2.24) is 5.32 Å². The van der Waals surface area contributed by atoms with Gasteiger partial charge in [0.25, 0.3) is 5.91 Å². The van der Waals surface area contributed by atoms with E-state index < -0.39 is 0 Å². The Kier molecular flexibility index (Phi) is 4.01. The molecule has 0 heterocycles. The molecule has 1 aliphatic carbocycles. The van der Waals surface area contributed by atoms with E-state index in [1.165, 1.54) is 0 Å². The zero-order valence-electron chi connectivity index (χ0n) is 10.7. The van der Waals surface area contributed by atoms with Crippen LogP contribution in [-0.2, 0) is 4.74 Å². The number of rotatable bonds is 4. The Morgan fingerprint density at radius 1 is 1.47 bits per heavy atom. The van der Waals surface area contributed by atoms with Crippen LogP contribution < -0.4 is 11.1 Å². The molecule has 4 N–H and O–H groups in total. The van der Waals surface area contributed by atoms with E-state index in [4.69, 9.17) is 15.7 Å². The highest BCUT2D eigenvalue weighted by Crippen LogP contribution is 2.22. The Morgan fingerprint density at radius 3 is 2.79 bits per heavy atom. The van der Waals surface area contributed by atoms with E-state index >= 15 is 0 Å². The Labute approximate surface area is 111 Å². The van der Waals surface area contributed by atoms with Crippen molar-refractivity contribution in [3.8, 4) is 0 Å². The standard InChI is InChI=1S/C13H17N3O3/c1-19-11-6-10(7-11)15-13(17)9-4-2-3-8(5-9)12(14)16-18/h2-5,10-11,18H,6-7H2,1H3,(H2,14,16)(H,15,17). The van der Waals surface area contributed by atoms with Crippen LogP contribution in [0.1, 0.15) is 28.8 Å². The van der Waals surface area contributed by atoms with Gasteiger partial charge in [-0.25, -0.2) is 0 Å². The molecule has 2 rings (SSSR count). The van der Waals surface area contributed by atoms with Crippen molar-refractivity contribution in [3.63, 3.8) is 0 Å². The van der Waals surface area contributed by atoms with Crippen LogP contribution in [-0.4, -0.2) is 36.2 Å². The molecule has 0 saturated heterocycles. The van der Waals surface area contributed by atoms with Gasteiger partial charge in [-0.2, -0.15) is 0 Å². The molecule has 1 aromatic carbocycles. The summed E-state index contributed by atoms with van der Waals surface area (Å²) in [5.74, 6) is -0.176. The third kappa shape index (κ3) is 3.03. The normalized spacial score (nSPS) is 22.7. The fraction of sp³-hybridized carbons (Fsp3) is 0.385. The number of ether oxygens (including phenoxy) is 1. The molecule has 0 aromatic heterocycles. The van der Waals surface area contributed by atoms with Gasteiger partial charge >= 0.3 is 0 Å². The van der Waals surface area contributed by atoms with Crippen LogP contribution in [0.4, 0.5) is 0 Å². The molecule has 0 atom stereocenters. The minimum absolute atomic E-state index is 0.0160. The molecule has 6 heteroatoms. The van der Waals surface area contributed by atoms with Crippen molar-refractivity contribution in [3.05, 3.63) is 35.4 Å². The van der Waals surface area contributed by atoms with Gasteiger partial charge < -0.3 is 21.0 Å². The van der Waals surface area contributed by atoms with Gasteiger partial charge in [-0.1, -0.05) is 17.3 Å². The molecule has 19 heavy (non-hydrogen) atoms. The Hall–Kier alpha value is -2.08. The van der Waals surface area contributed by atoms with E-state index in [0.717, 1.165) is 12.8 Å². The smallest absolute Gasteiger partial charge is 0.251 e. The van der Waals surface area contributed by atoms with Crippen molar-refractivity contribution < 1.29 is 14.7 Å². The highest BCUT2D eigenvalue weighted by atomic mass is 16.5. The van der Waals surface area contributed by atoms with E-state index in [2.05, 4.69) is 10.5 Å². The summed E-state index contributed by atoms with van der Waals surface area (Å²) < 4.78 is 5.16. The average molecular weight is 263 g/mol. The summed E-state index contributed by atoms with van der Waals surface area (Å²) in [5, 5.41) is 14.4. The Morgan fingerprint density at radius 2 is 2.16 bits per heavy atom. The first kappa shape index (κ1) is 13.4. The predicted octanol–water partition coefficient (Wildman–Crippen LogP) is 0.688. The van der Waals surface area contributed by atoms with Gasteiger partial charge in [0.2, 0.25) is 0 Å². The Balaban J connectivity index is 2.00.